The third kappa shape index (κ3) is 2.43. The zero-order chi connectivity index (χ0) is 10.5. The molecular weight excluding hydrogens is 188 g/mol. The first-order chi connectivity index (χ1) is 7.40. The summed E-state index contributed by atoms with van der Waals surface area (Å²) in [6.07, 6.45) is 3.95. The Morgan fingerprint density at radius 3 is 3.00 bits per heavy atom. The Morgan fingerprint density at radius 1 is 1.27 bits per heavy atom. The van der Waals surface area contributed by atoms with Crippen LogP contribution in [0.1, 0.15) is 19.8 Å². The molecule has 0 atom stereocenters. The van der Waals surface area contributed by atoms with Crippen LogP contribution in [-0.2, 0) is 0 Å². The van der Waals surface area contributed by atoms with E-state index < -0.39 is 0 Å². The number of nitrogens with zero attached hydrogens (tertiary/aromatic N) is 2. The van der Waals surface area contributed by atoms with Gasteiger partial charge >= 0.3 is 6.01 Å². The molecule has 0 fully saturated rings. The van der Waals surface area contributed by atoms with Crippen molar-refractivity contribution in [3.63, 3.8) is 0 Å². The Bertz CT molecular complexity index is 442. The summed E-state index contributed by atoms with van der Waals surface area (Å²) in [5.74, 6) is 0. The molecule has 3 heteroatoms. The molecule has 0 aliphatic heterocycles. The van der Waals surface area contributed by atoms with Crippen molar-refractivity contribution in [3.8, 4) is 6.01 Å². The van der Waals surface area contributed by atoms with Crippen LogP contribution in [0.25, 0.3) is 10.9 Å². The predicted octanol–water partition coefficient (Wildman–Crippen LogP) is 2.81. The van der Waals surface area contributed by atoms with Crippen molar-refractivity contribution in [2.24, 2.45) is 0 Å². The van der Waals surface area contributed by atoms with Gasteiger partial charge < -0.3 is 4.74 Å². The molecule has 0 aliphatic carbocycles. The van der Waals surface area contributed by atoms with Crippen LogP contribution in [0.4, 0.5) is 0 Å². The molecule has 0 radical (unpaired) electrons. The molecule has 0 saturated heterocycles. The highest BCUT2D eigenvalue weighted by Gasteiger charge is 1.99. The van der Waals surface area contributed by atoms with Crippen molar-refractivity contribution in [2.75, 3.05) is 6.61 Å². The van der Waals surface area contributed by atoms with Crippen molar-refractivity contribution in [3.05, 3.63) is 30.5 Å². The number of rotatable bonds is 4. The monoisotopic (exact) mass is 202 g/mol. The Labute approximate surface area is 89.1 Å². The average molecular weight is 202 g/mol. The van der Waals surface area contributed by atoms with Gasteiger partial charge in [0.15, 0.2) is 0 Å². The summed E-state index contributed by atoms with van der Waals surface area (Å²) in [7, 11) is 0. The van der Waals surface area contributed by atoms with Gasteiger partial charge in [-0.05, 0) is 12.5 Å². The van der Waals surface area contributed by atoms with Gasteiger partial charge in [0.2, 0.25) is 0 Å². The first-order valence-electron chi connectivity index (χ1n) is 5.24. The first-order valence-corrected chi connectivity index (χ1v) is 5.24. The van der Waals surface area contributed by atoms with E-state index in [1.54, 1.807) is 6.20 Å². The van der Waals surface area contributed by atoms with Gasteiger partial charge in [0, 0.05) is 11.6 Å². The minimum Gasteiger partial charge on any atom is -0.463 e. The topological polar surface area (TPSA) is 35.0 Å². The van der Waals surface area contributed by atoms with Crippen LogP contribution < -0.4 is 4.74 Å². The molecule has 15 heavy (non-hydrogen) atoms. The quantitative estimate of drug-likeness (QED) is 0.715. The van der Waals surface area contributed by atoms with Gasteiger partial charge in [-0.1, -0.05) is 31.5 Å². The molecule has 0 unspecified atom stereocenters. The summed E-state index contributed by atoms with van der Waals surface area (Å²) in [5, 5.41) is 1.04. The van der Waals surface area contributed by atoms with Gasteiger partial charge in [-0.25, -0.2) is 4.98 Å². The van der Waals surface area contributed by atoms with Gasteiger partial charge in [0.1, 0.15) is 0 Å². The molecule has 78 valence electrons. The van der Waals surface area contributed by atoms with E-state index in [2.05, 4.69) is 16.9 Å². The lowest BCUT2D eigenvalue weighted by Gasteiger charge is -2.03. The van der Waals surface area contributed by atoms with E-state index in [0.717, 1.165) is 23.7 Å². The van der Waals surface area contributed by atoms with Crippen molar-refractivity contribution in [2.45, 2.75) is 19.8 Å². The summed E-state index contributed by atoms with van der Waals surface area (Å²) in [4.78, 5) is 8.46. The van der Waals surface area contributed by atoms with E-state index >= 15 is 0 Å². The minimum absolute atomic E-state index is 0.474. The van der Waals surface area contributed by atoms with Crippen LogP contribution in [0, 0.1) is 0 Å². The second-order valence-corrected chi connectivity index (χ2v) is 3.41. The molecule has 1 heterocycles. The fraction of sp³-hybridized carbons (Fsp3) is 0.333. The number of unbranched alkanes of at least 4 members (excludes halogenated alkanes) is 1. The number of para-hydroxylation sites is 1. The fourth-order valence-electron chi connectivity index (χ4n) is 1.33. The highest BCUT2D eigenvalue weighted by molar-refractivity contribution is 5.77. The van der Waals surface area contributed by atoms with Crippen LogP contribution in [0.3, 0.4) is 0 Å². The molecule has 1 aromatic carbocycles. The standard InChI is InChI=1S/C12H14N2O/c1-2-3-8-15-12-13-9-10-6-4-5-7-11(10)14-12/h4-7,9H,2-3,8H2,1H3. The maximum Gasteiger partial charge on any atom is 0.316 e. The second-order valence-electron chi connectivity index (χ2n) is 3.41. The zero-order valence-corrected chi connectivity index (χ0v) is 8.81. The van der Waals surface area contributed by atoms with E-state index in [0.29, 0.717) is 12.6 Å². The molecule has 3 nitrogen and oxygen atoms in total. The number of hydrogen-bond acceptors (Lipinski definition) is 3. The van der Waals surface area contributed by atoms with Gasteiger partial charge in [-0.15, -0.1) is 0 Å². The summed E-state index contributed by atoms with van der Waals surface area (Å²) >= 11 is 0. The molecule has 0 saturated carbocycles. The third-order valence-corrected chi connectivity index (χ3v) is 2.20. The Balaban J connectivity index is 2.16. The van der Waals surface area contributed by atoms with Gasteiger partial charge in [-0.3, -0.25) is 0 Å². The summed E-state index contributed by atoms with van der Waals surface area (Å²) < 4.78 is 5.43. The van der Waals surface area contributed by atoms with Crippen molar-refractivity contribution in [1.29, 1.82) is 0 Å². The number of aromatic nitrogens is 2. The summed E-state index contributed by atoms with van der Waals surface area (Å²) in [5.41, 5.74) is 0.930. The largest absolute Gasteiger partial charge is 0.463 e. The number of benzene rings is 1. The average Bonchev–Trinajstić information content (AvgIpc) is 2.29. The number of hydrogen-bond donors (Lipinski definition) is 0. The first kappa shape index (κ1) is 9.90. The van der Waals surface area contributed by atoms with Crippen molar-refractivity contribution in [1.82, 2.24) is 9.97 Å². The Morgan fingerprint density at radius 2 is 2.13 bits per heavy atom. The molecule has 0 amide bonds. The number of ether oxygens (including phenoxy) is 1. The van der Waals surface area contributed by atoms with E-state index in [1.165, 1.54) is 0 Å². The van der Waals surface area contributed by atoms with Crippen molar-refractivity contribution < 1.29 is 4.74 Å². The smallest absolute Gasteiger partial charge is 0.316 e. The van der Waals surface area contributed by atoms with E-state index in [1.807, 2.05) is 24.3 Å². The van der Waals surface area contributed by atoms with Crippen molar-refractivity contribution >= 4 is 10.9 Å². The molecule has 1 aromatic heterocycles. The lowest BCUT2D eigenvalue weighted by atomic mass is 10.2. The van der Waals surface area contributed by atoms with E-state index in [-0.39, 0.29) is 0 Å². The van der Waals surface area contributed by atoms with E-state index in [9.17, 15) is 0 Å². The highest BCUT2D eigenvalue weighted by atomic mass is 16.5. The molecule has 0 spiro atoms. The van der Waals surface area contributed by atoms with Crippen LogP contribution in [0.2, 0.25) is 0 Å². The molecule has 0 N–H and O–H groups in total. The molecule has 2 rings (SSSR count). The van der Waals surface area contributed by atoms with E-state index in [4.69, 9.17) is 4.74 Å². The molecular formula is C12H14N2O. The van der Waals surface area contributed by atoms with Gasteiger partial charge in [0.05, 0.1) is 12.1 Å². The van der Waals surface area contributed by atoms with Crippen LogP contribution in [-0.4, -0.2) is 16.6 Å². The normalized spacial score (nSPS) is 10.5. The fourth-order valence-corrected chi connectivity index (χ4v) is 1.33. The molecule has 0 bridgehead atoms. The second kappa shape index (κ2) is 4.73. The minimum atomic E-state index is 0.474. The predicted molar refractivity (Wildman–Crippen MR) is 59.9 cm³/mol. The molecule has 2 aromatic rings. The highest BCUT2D eigenvalue weighted by Crippen LogP contribution is 2.12. The summed E-state index contributed by atoms with van der Waals surface area (Å²) in [6, 6.07) is 8.37. The Kier molecular flexibility index (Phi) is 3.12. The van der Waals surface area contributed by atoms with Crippen LogP contribution in [0.5, 0.6) is 6.01 Å². The van der Waals surface area contributed by atoms with Gasteiger partial charge in [-0.2, -0.15) is 4.98 Å². The third-order valence-electron chi connectivity index (χ3n) is 2.20. The van der Waals surface area contributed by atoms with Gasteiger partial charge in [0.25, 0.3) is 0 Å². The molecule has 0 aliphatic rings. The van der Waals surface area contributed by atoms with Crippen LogP contribution in [0.15, 0.2) is 30.5 Å². The van der Waals surface area contributed by atoms with Crippen LogP contribution >= 0.6 is 0 Å². The zero-order valence-electron chi connectivity index (χ0n) is 8.81. The lowest BCUT2D eigenvalue weighted by molar-refractivity contribution is 0.286. The maximum atomic E-state index is 5.43. The summed E-state index contributed by atoms with van der Waals surface area (Å²) in [6.45, 7) is 2.82. The number of fused-ring (bicyclic) bond motifs is 1. The maximum absolute atomic E-state index is 5.43. The Hall–Kier alpha value is -1.64. The lowest BCUT2D eigenvalue weighted by Crippen LogP contribution is -2.00. The SMILES string of the molecule is CCCCOc1ncc2ccccc2n1.